The first-order chi connectivity index (χ1) is 7.16. The van der Waals surface area contributed by atoms with E-state index in [9.17, 15) is 4.79 Å². The van der Waals surface area contributed by atoms with Gasteiger partial charge in [-0.15, -0.1) is 0 Å². The van der Waals surface area contributed by atoms with E-state index in [0.29, 0.717) is 10.7 Å². The average Bonchev–Trinajstić information content (AvgIpc) is 2.68. The Hall–Kier alpha value is -1.75. The third kappa shape index (κ3) is 2.02. The fraction of sp³-hybridized carbons (Fsp3) is 0.111. The zero-order valence-corrected chi connectivity index (χ0v) is 8.52. The highest BCUT2D eigenvalue weighted by Crippen LogP contribution is 2.15. The molecule has 0 aliphatic carbocycles. The quantitative estimate of drug-likeness (QED) is 0.729. The molecule has 0 bridgehead atoms. The van der Waals surface area contributed by atoms with Crippen molar-refractivity contribution in [1.82, 2.24) is 15.1 Å². The highest BCUT2D eigenvalue weighted by atomic mass is 35.5. The minimum absolute atomic E-state index is 0.0262. The molecule has 0 aliphatic heterocycles. The molecule has 0 N–H and O–H groups in total. The molecule has 6 heteroatoms. The largest absolute Gasteiger partial charge is 0.330 e. The molecule has 76 valence electrons. The Morgan fingerprint density at radius 2 is 2.27 bits per heavy atom. The SMILES string of the molecule is CC(=O)c1nc(-c2ccc(Cl)cn2)no1. The number of carbonyl (C=O) groups excluding carboxylic acids is 1. The first-order valence-electron chi connectivity index (χ1n) is 4.13. The monoisotopic (exact) mass is 223 g/mol. The summed E-state index contributed by atoms with van der Waals surface area (Å²) in [4.78, 5) is 18.8. The summed E-state index contributed by atoms with van der Waals surface area (Å²) < 4.78 is 4.73. The number of nitrogens with zero attached hydrogens (tertiary/aromatic N) is 3. The second-order valence-electron chi connectivity index (χ2n) is 2.84. The third-order valence-corrected chi connectivity index (χ3v) is 1.91. The van der Waals surface area contributed by atoms with Gasteiger partial charge in [0, 0.05) is 13.1 Å². The maximum absolute atomic E-state index is 10.9. The van der Waals surface area contributed by atoms with Gasteiger partial charge in [-0.2, -0.15) is 4.98 Å². The lowest BCUT2D eigenvalue weighted by atomic mass is 10.3. The van der Waals surface area contributed by atoms with Crippen LogP contribution in [-0.2, 0) is 0 Å². The Kier molecular flexibility index (Phi) is 2.47. The summed E-state index contributed by atoms with van der Waals surface area (Å²) in [5, 5.41) is 4.15. The lowest BCUT2D eigenvalue weighted by Crippen LogP contribution is -1.91. The van der Waals surface area contributed by atoms with E-state index in [4.69, 9.17) is 16.1 Å². The summed E-state index contributed by atoms with van der Waals surface area (Å²) in [6.45, 7) is 1.35. The zero-order valence-electron chi connectivity index (χ0n) is 7.77. The maximum Gasteiger partial charge on any atom is 0.294 e. The van der Waals surface area contributed by atoms with Crippen molar-refractivity contribution in [3.63, 3.8) is 0 Å². The molecule has 0 amide bonds. The molecule has 0 unspecified atom stereocenters. The van der Waals surface area contributed by atoms with E-state index in [1.54, 1.807) is 12.1 Å². The Labute approximate surface area is 90.1 Å². The van der Waals surface area contributed by atoms with E-state index in [0.717, 1.165) is 0 Å². The number of ketones is 1. The van der Waals surface area contributed by atoms with Gasteiger partial charge in [-0.1, -0.05) is 16.8 Å². The normalized spacial score (nSPS) is 10.3. The van der Waals surface area contributed by atoms with E-state index >= 15 is 0 Å². The van der Waals surface area contributed by atoms with Gasteiger partial charge in [0.2, 0.25) is 11.6 Å². The average molecular weight is 224 g/mol. The number of rotatable bonds is 2. The molecule has 2 aromatic rings. The highest BCUT2D eigenvalue weighted by Gasteiger charge is 2.12. The van der Waals surface area contributed by atoms with Crippen LogP contribution in [0.3, 0.4) is 0 Å². The Morgan fingerprint density at radius 1 is 1.47 bits per heavy atom. The number of hydrogen-bond acceptors (Lipinski definition) is 5. The molecule has 2 rings (SSSR count). The van der Waals surface area contributed by atoms with Crippen LogP contribution >= 0.6 is 11.6 Å². The molecule has 0 fully saturated rings. The highest BCUT2D eigenvalue weighted by molar-refractivity contribution is 6.30. The number of carbonyl (C=O) groups is 1. The van der Waals surface area contributed by atoms with Crippen LogP contribution in [0.4, 0.5) is 0 Å². The second kappa shape index (κ2) is 3.78. The topological polar surface area (TPSA) is 68.9 Å². The van der Waals surface area contributed by atoms with Gasteiger partial charge in [0.1, 0.15) is 5.69 Å². The van der Waals surface area contributed by atoms with Gasteiger partial charge in [-0.25, -0.2) is 0 Å². The van der Waals surface area contributed by atoms with E-state index < -0.39 is 0 Å². The minimum atomic E-state index is -0.275. The summed E-state index contributed by atoms with van der Waals surface area (Å²) in [6.07, 6.45) is 1.47. The molecule has 5 nitrogen and oxygen atoms in total. The van der Waals surface area contributed by atoms with Gasteiger partial charge in [0.05, 0.1) is 5.02 Å². The number of aromatic nitrogens is 3. The minimum Gasteiger partial charge on any atom is -0.330 e. The van der Waals surface area contributed by atoms with Gasteiger partial charge < -0.3 is 4.52 Å². The third-order valence-electron chi connectivity index (χ3n) is 1.68. The van der Waals surface area contributed by atoms with Crippen molar-refractivity contribution in [2.45, 2.75) is 6.92 Å². The van der Waals surface area contributed by atoms with E-state index in [1.807, 2.05) is 0 Å². The van der Waals surface area contributed by atoms with Crippen LogP contribution in [0, 0.1) is 0 Å². The molecule has 2 heterocycles. The van der Waals surface area contributed by atoms with Gasteiger partial charge >= 0.3 is 0 Å². The van der Waals surface area contributed by atoms with Crippen molar-refractivity contribution in [3.8, 4) is 11.5 Å². The fourth-order valence-corrected chi connectivity index (χ4v) is 1.09. The van der Waals surface area contributed by atoms with Crippen LogP contribution in [-0.4, -0.2) is 20.9 Å². The van der Waals surface area contributed by atoms with Crippen molar-refractivity contribution in [2.24, 2.45) is 0 Å². The van der Waals surface area contributed by atoms with Crippen LogP contribution in [0.1, 0.15) is 17.6 Å². The van der Waals surface area contributed by atoms with Crippen LogP contribution in [0.2, 0.25) is 5.02 Å². The van der Waals surface area contributed by atoms with Gasteiger partial charge in [0.15, 0.2) is 0 Å². The van der Waals surface area contributed by atoms with Crippen molar-refractivity contribution in [2.75, 3.05) is 0 Å². The molecule has 15 heavy (non-hydrogen) atoms. The molecule has 0 radical (unpaired) electrons. The number of halogens is 1. The summed E-state index contributed by atoms with van der Waals surface area (Å²) in [7, 11) is 0. The molecule has 0 saturated carbocycles. The zero-order chi connectivity index (χ0) is 10.8. The molecule has 2 aromatic heterocycles. The molecule has 0 aromatic carbocycles. The molecule has 0 spiro atoms. The summed E-state index contributed by atoms with van der Waals surface area (Å²) >= 11 is 5.67. The fourth-order valence-electron chi connectivity index (χ4n) is 0.979. The van der Waals surface area contributed by atoms with Crippen LogP contribution in [0.15, 0.2) is 22.9 Å². The number of Topliss-reactive ketones (excluding diaryl/α,β-unsaturated/α-hetero) is 1. The van der Waals surface area contributed by atoms with E-state index in [1.165, 1.54) is 13.1 Å². The first kappa shape index (κ1) is 9.79. The van der Waals surface area contributed by atoms with Crippen LogP contribution in [0.5, 0.6) is 0 Å². The molecular formula is C9H6ClN3O2. The van der Waals surface area contributed by atoms with Crippen LogP contribution < -0.4 is 0 Å². The number of pyridine rings is 1. The maximum atomic E-state index is 10.9. The van der Waals surface area contributed by atoms with E-state index in [-0.39, 0.29) is 17.5 Å². The molecule has 0 aliphatic rings. The van der Waals surface area contributed by atoms with Crippen molar-refractivity contribution < 1.29 is 9.32 Å². The summed E-state index contributed by atoms with van der Waals surface area (Å²) in [5.41, 5.74) is 0.510. The second-order valence-corrected chi connectivity index (χ2v) is 3.28. The lowest BCUT2D eigenvalue weighted by molar-refractivity contribution is 0.0972. The van der Waals surface area contributed by atoms with Crippen molar-refractivity contribution >= 4 is 17.4 Å². The van der Waals surface area contributed by atoms with Crippen LogP contribution in [0.25, 0.3) is 11.5 Å². The van der Waals surface area contributed by atoms with E-state index in [2.05, 4.69) is 15.1 Å². The smallest absolute Gasteiger partial charge is 0.294 e. The lowest BCUT2D eigenvalue weighted by Gasteiger charge is -1.91. The standard InChI is InChI=1S/C9H6ClN3O2/c1-5(14)9-12-8(13-15-9)7-3-2-6(10)4-11-7/h2-4H,1H3. The molecule has 0 saturated heterocycles. The van der Waals surface area contributed by atoms with Crippen molar-refractivity contribution in [1.29, 1.82) is 0 Å². The molecular weight excluding hydrogens is 218 g/mol. The van der Waals surface area contributed by atoms with Gasteiger partial charge in [0.25, 0.3) is 5.89 Å². The predicted molar refractivity (Wildman–Crippen MR) is 52.5 cm³/mol. The van der Waals surface area contributed by atoms with Gasteiger partial charge in [-0.05, 0) is 12.1 Å². The summed E-state index contributed by atoms with van der Waals surface area (Å²) in [5.74, 6) is -0.0265. The Balaban J connectivity index is 2.37. The predicted octanol–water partition coefficient (Wildman–Crippen LogP) is 1.99. The first-order valence-corrected chi connectivity index (χ1v) is 4.51. The van der Waals surface area contributed by atoms with Gasteiger partial charge in [-0.3, -0.25) is 9.78 Å². The Bertz CT molecular complexity index is 492. The molecule has 0 atom stereocenters. The summed E-state index contributed by atoms with van der Waals surface area (Å²) in [6, 6.07) is 3.31. The van der Waals surface area contributed by atoms with Crippen molar-refractivity contribution in [3.05, 3.63) is 29.2 Å². The Morgan fingerprint density at radius 3 is 2.80 bits per heavy atom. The number of hydrogen-bond donors (Lipinski definition) is 0.